The van der Waals surface area contributed by atoms with Crippen molar-refractivity contribution in [1.29, 1.82) is 0 Å². The Kier molecular flexibility index (Phi) is 6.29. The third-order valence-corrected chi connectivity index (χ3v) is 4.26. The maximum absolute atomic E-state index is 11.6. The summed E-state index contributed by atoms with van der Waals surface area (Å²) in [5.74, 6) is -0.275. The molecule has 8 heteroatoms. The first kappa shape index (κ1) is 17.6. The molecule has 0 atom stereocenters. The number of carboxylic acid groups (broad SMARTS) is 1. The zero-order valence-electron chi connectivity index (χ0n) is 11.8. The van der Waals surface area contributed by atoms with Crippen molar-refractivity contribution in [2.45, 2.75) is 30.6 Å². The van der Waals surface area contributed by atoms with Crippen LogP contribution in [0.3, 0.4) is 0 Å². The van der Waals surface area contributed by atoms with E-state index in [0.717, 1.165) is 0 Å². The van der Waals surface area contributed by atoms with Crippen LogP contribution >= 0.6 is 10.7 Å². The molecule has 1 aromatic carbocycles. The zero-order valence-corrected chi connectivity index (χ0v) is 13.3. The number of ether oxygens (including phenoxy) is 2. The van der Waals surface area contributed by atoms with Gasteiger partial charge in [-0.05, 0) is 30.9 Å². The maximum Gasteiger partial charge on any atom is 0.303 e. The van der Waals surface area contributed by atoms with Gasteiger partial charge in [-0.25, -0.2) is 8.42 Å². The quantitative estimate of drug-likeness (QED) is 0.579. The first-order valence-corrected chi connectivity index (χ1v) is 8.52. The third-order valence-electron chi connectivity index (χ3n) is 2.92. The van der Waals surface area contributed by atoms with E-state index in [1.807, 2.05) is 0 Å². The molecule has 0 aliphatic carbocycles. The molecule has 0 saturated heterocycles. The summed E-state index contributed by atoms with van der Waals surface area (Å²) in [6.45, 7) is 0. The summed E-state index contributed by atoms with van der Waals surface area (Å²) in [6.07, 6.45) is 1.64. The average Bonchev–Trinajstić information content (AvgIpc) is 2.41. The van der Waals surface area contributed by atoms with Crippen molar-refractivity contribution in [3.8, 4) is 11.5 Å². The van der Waals surface area contributed by atoms with Crippen LogP contribution in [0.2, 0.25) is 0 Å². The number of aryl methyl sites for hydroxylation is 1. The highest BCUT2D eigenvalue weighted by atomic mass is 35.7. The molecule has 0 bridgehead atoms. The summed E-state index contributed by atoms with van der Waals surface area (Å²) in [5.41, 5.74) is 0.642. The molecule has 0 fully saturated rings. The first-order valence-electron chi connectivity index (χ1n) is 6.21. The molecule has 21 heavy (non-hydrogen) atoms. The number of halogens is 1. The van der Waals surface area contributed by atoms with Crippen molar-refractivity contribution >= 4 is 25.7 Å². The van der Waals surface area contributed by atoms with E-state index in [1.165, 1.54) is 26.4 Å². The fourth-order valence-electron chi connectivity index (χ4n) is 1.91. The Labute approximate surface area is 128 Å². The molecule has 6 nitrogen and oxygen atoms in total. The fourth-order valence-corrected chi connectivity index (χ4v) is 2.94. The van der Waals surface area contributed by atoms with Gasteiger partial charge in [-0.1, -0.05) is 0 Å². The van der Waals surface area contributed by atoms with Crippen LogP contribution in [0.5, 0.6) is 11.5 Å². The van der Waals surface area contributed by atoms with Crippen molar-refractivity contribution in [2.75, 3.05) is 14.2 Å². The Bertz CT molecular complexity index is 611. The van der Waals surface area contributed by atoms with Gasteiger partial charge in [-0.3, -0.25) is 4.79 Å². The van der Waals surface area contributed by atoms with E-state index in [0.29, 0.717) is 30.6 Å². The molecule has 0 aromatic heterocycles. The number of aliphatic carboxylic acids is 1. The highest BCUT2D eigenvalue weighted by molar-refractivity contribution is 8.13. The minimum Gasteiger partial charge on any atom is -0.496 e. The molecule has 1 rings (SSSR count). The predicted molar refractivity (Wildman–Crippen MR) is 77.8 cm³/mol. The molecular formula is C13H17ClO6S. The van der Waals surface area contributed by atoms with Crippen molar-refractivity contribution < 1.29 is 27.8 Å². The van der Waals surface area contributed by atoms with E-state index < -0.39 is 15.0 Å². The highest BCUT2D eigenvalue weighted by Gasteiger charge is 2.20. The van der Waals surface area contributed by atoms with Crippen LogP contribution in [-0.2, 0) is 20.3 Å². The number of methoxy groups -OCH3 is 2. The van der Waals surface area contributed by atoms with Gasteiger partial charge in [0.15, 0.2) is 0 Å². The summed E-state index contributed by atoms with van der Waals surface area (Å²) in [4.78, 5) is 10.3. The lowest BCUT2D eigenvalue weighted by molar-refractivity contribution is -0.137. The van der Waals surface area contributed by atoms with Crippen LogP contribution in [0.15, 0.2) is 17.0 Å². The smallest absolute Gasteiger partial charge is 0.303 e. The molecule has 0 heterocycles. The molecule has 0 unspecified atom stereocenters. The Morgan fingerprint density at radius 2 is 1.81 bits per heavy atom. The second-order valence-corrected chi connectivity index (χ2v) is 6.89. The van der Waals surface area contributed by atoms with Crippen LogP contribution in [0.1, 0.15) is 24.8 Å². The summed E-state index contributed by atoms with van der Waals surface area (Å²) < 4.78 is 33.3. The second-order valence-electron chi connectivity index (χ2n) is 4.35. The van der Waals surface area contributed by atoms with Crippen molar-refractivity contribution in [3.05, 3.63) is 17.7 Å². The summed E-state index contributed by atoms with van der Waals surface area (Å²) in [5, 5.41) is 8.59. The van der Waals surface area contributed by atoms with E-state index in [2.05, 4.69) is 0 Å². The van der Waals surface area contributed by atoms with Gasteiger partial charge >= 0.3 is 5.97 Å². The van der Waals surface area contributed by atoms with E-state index in [4.69, 9.17) is 25.3 Å². The van der Waals surface area contributed by atoms with Crippen LogP contribution in [-0.4, -0.2) is 33.7 Å². The lowest BCUT2D eigenvalue weighted by Crippen LogP contribution is -2.01. The van der Waals surface area contributed by atoms with Gasteiger partial charge in [0.05, 0.1) is 14.2 Å². The number of carboxylic acids is 1. The Balaban J connectivity index is 3.04. The molecule has 0 aliphatic heterocycles. The zero-order chi connectivity index (χ0) is 16.0. The molecule has 0 aliphatic rings. The molecule has 0 spiro atoms. The largest absolute Gasteiger partial charge is 0.496 e. The topological polar surface area (TPSA) is 89.9 Å². The van der Waals surface area contributed by atoms with Crippen LogP contribution in [0.4, 0.5) is 0 Å². The van der Waals surface area contributed by atoms with E-state index in [9.17, 15) is 13.2 Å². The normalized spacial score (nSPS) is 11.2. The van der Waals surface area contributed by atoms with E-state index >= 15 is 0 Å². The fraction of sp³-hybridized carbons (Fsp3) is 0.462. The standard InChI is InChI=1S/C13H17ClO6S/c1-19-10-8-11(20-2)12(21(14,17)18)7-9(10)5-3-4-6-13(15)16/h7-8H,3-6H2,1-2H3,(H,15,16). The lowest BCUT2D eigenvalue weighted by atomic mass is 10.1. The number of carbonyl (C=O) groups is 1. The Morgan fingerprint density at radius 1 is 1.19 bits per heavy atom. The van der Waals surface area contributed by atoms with Gasteiger partial charge in [-0.15, -0.1) is 0 Å². The average molecular weight is 337 g/mol. The number of rotatable bonds is 8. The van der Waals surface area contributed by atoms with Gasteiger partial charge in [0.1, 0.15) is 16.4 Å². The van der Waals surface area contributed by atoms with Crippen molar-refractivity contribution in [3.63, 3.8) is 0 Å². The van der Waals surface area contributed by atoms with Gasteiger partial charge in [-0.2, -0.15) is 0 Å². The monoisotopic (exact) mass is 336 g/mol. The van der Waals surface area contributed by atoms with Gasteiger partial charge in [0.2, 0.25) is 0 Å². The number of hydrogen-bond donors (Lipinski definition) is 1. The van der Waals surface area contributed by atoms with Crippen LogP contribution in [0, 0.1) is 0 Å². The second kappa shape index (κ2) is 7.51. The Morgan fingerprint density at radius 3 is 2.29 bits per heavy atom. The number of hydrogen-bond acceptors (Lipinski definition) is 5. The third kappa shape index (κ3) is 5.09. The molecular weight excluding hydrogens is 320 g/mol. The van der Waals surface area contributed by atoms with Crippen LogP contribution < -0.4 is 9.47 Å². The first-order chi connectivity index (χ1) is 9.79. The van der Waals surface area contributed by atoms with E-state index in [-0.39, 0.29) is 17.1 Å². The lowest BCUT2D eigenvalue weighted by Gasteiger charge is -2.13. The summed E-state index contributed by atoms with van der Waals surface area (Å²) >= 11 is 0. The highest BCUT2D eigenvalue weighted by Crippen LogP contribution is 2.34. The SMILES string of the molecule is COc1cc(OC)c(S(=O)(=O)Cl)cc1CCCCC(=O)O. The maximum atomic E-state index is 11.6. The molecule has 0 amide bonds. The Hall–Kier alpha value is -1.47. The molecule has 118 valence electrons. The minimum atomic E-state index is -3.94. The van der Waals surface area contributed by atoms with Crippen LogP contribution in [0.25, 0.3) is 0 Å². The van der Waals surface area contributed by atoms with Gasteiger partial charge in [0.25, 0.3) is 9.05 Å². The summed E-state index contributed by atoms with van der Waals surface area (Å²) in [6, 6.07) is 2.86. The number of benzene rings is 1. The molecule has 0 saturated carbocycles. The number of unbranched alkanes of at least 4 members (excludes halogenated alkanes) is 1. The molecule has 1 N–H and O–H groups in total. The minimum absolute atomic E-state index is 0.0686. The van der Waals surface area contributed by atoms with Gasteiger partial charge in [0, 0.05) is 23.2 Å². The molecule has 0 radical (unpaired) electrons. The molecule has 1 aromatic rings. The van der Waals surface area contributed by atoms with Gasteiger partial charge < -0.3 is 14.6 Å². The van der Waals surface area contributed by atoms with Crippen molar-refractivity contribution in [1.82, 2.24) is 0 Å². The predicted octanol–water partition coefficient (Wildman–Crippen LogP) is 2.43. The summed E-state index contributed by atoms with van der Waals surface area (Å²) in [7, 11) is 4.25. The van der Waals surface area contributed by atoms with E-state index in [1.54, 1.807) is 0 Å². The van der Waals surface area contributed by atoms with Crippen molar-refractivity contribution in [2.24, 2.45) is 0 Å².